The Labute approximate surface area is 174 Å². The first-order valence-corrected chi connectivity index (χ1v) is 10.1. The Kier molecular flexibility index (Phi) is 4.89. The van der Waals surface area contributed by atoms with E-state index in [1.807, 2.05) is 29.3 Å². The maximum Gasteiger partial charge on any atom is 0.255 e. The molecular weight excluding hydrogens is 374 g/mol. The zero-order chi connectivity index (χ0) is 20.3. The van der Waals surface area contributed by atoms with Crippen LogP contribution >= 0.6 is 0 Å². The molecule has 5 rings (SSSR count). The fourth-order valence-corrected chi connectivity index (χ4v) is 4.01. The summed E-state index contributed by atoms with van der Waals surface area (Å²) in [5, 5.41) is 1.03. The molecule has 0 aromatic carbocycles. The van der Waals surface area contributed by atoms with Gasteiger partial charge in [0.25, 0.3) is 5.91 Å². The maximum atomic E-state index is 12.6. The van der Waals surface area contributed by atoms with E-state index in [2.05, 4.69) is 33.2 Å². The Morgan fingerprint density at radius 1 is 0.900 bits per heavy atom. The van der Waals surface area contributed by atoms with Crippen molar-refractivity contribution in [2.75, 3.05) is 13.1 Å². The molecule has 5 heterocycles. The van der Waals surface area contributed by atoms with Crippen LogP contribution in [0.2, 0.25) is 0 Å². The number of piperidine rings is 1. The standard InChI is InChI=1S/C24H21N5O/c30-24(20-2-1-9-26-15-20)29-12-7-18(8-13-29)22-4-3-19-14-21(16-27-23(19)28-22)17-5-10-25-11-6-17/h1-6,9-11,14-16,18H,7-8,12-13H2. The first-order valence-electron chi connectivity index (χ1n) is 10.1. The van der Waals surface area contributed by atoms with Crippen molar-refractivity contribution in [1.82, 2.24) is 24.8 Å². The Balaban J connectivity index is 1.30. The Morgan fingerprint density at radius 3 is 2.50 bits per heavy atom. The minimum atomic E-state index is 0.0540. The van der Waals surface area contributed by atoms with E-state index in [-0.39, 0.29) is 5.91 Å². The summed E-state index contributed by atoms with van der Waals surface area (Å²) in [5.41, 5.74) is 4.61. The highest BCUT2D eigenvalue weighted by atomic mass is 16.2. The van der Waals surface area contributed by atoms with E-state index in [4.69, 9.17) is 4.98 Å². The lowest BCUT2D eigenvalue weighted by molar-refractivity contribution is 0.0711. The predicted octanol–water partition coefficient (Wildman–Crippen LogP) is 4.11. The third-order valence-corrected chi connectivity index (χ3v) is 5.69. The van der Waals surface area contributed by atoms with Gasteiger partial charge >= 0.3 is 0 Å². The van der Waals surface area contributed by atoms with Gasteiger partial charge in [-0.1, -0.05) is 0 Å². The number of nitrogens with zero attached hydrogens (tertiary/aromatic N) is 5. The van der Waals surface area contributed by atoms with Gasteiger partial charge in [0.15, 0.2) is 5.65 Å². The highest BCUT2D eigenvalue weighted by molar-refractivity contribution is 5.93. The number of likely N-dealkylation sites (tertiary alicyclic amines) is 1. The van der Waals surface area contributed by atoms with Crippen LogP contribution in [-0.4, -0.2) is 43.8 Å². The molecule has 0 saturated carbocycles. The molecule has 1 saturated heterocycles. The number of aromatic nitrogens is 4. The fourth-order valence-electron chi connectivity index (χ4n) is 4.01. The summed E-state index contributed by atoms with van der Waals surface area (Å²) in [4.78, 5) is 32.1. The minimum absolute atomic E-state index is 0.0540. The monoisotopic (exact) mass is 395 g/mol. The quantitative estimate of drug-likeness (QED) is 0.522. The van der Waals surface area contributed by atoms with E-state index in [1.54, 1.807) is 30.9 Å². The molecular formula is C24H21N5O. The molecule has 6 nitrogen and oxygen atoms in total. The average molecular weight is 395 g/mol. The van der Waals surface area contributed by atoms with Crippen LogP contribution in [0.4, 0.5) is 0 Å². The van der Waals surface area contributed by atoms with Gasteiger partial charge in [-0.2, -0.15) is 0 Å². The minimum Gasteiger partial charge on any atom is -0.339 e. The maximum absolute atomic E-state index is 12.6. The van der Waals surface area contributed by atoms with Crippen LogP contribution in [0, 0.1) is 0 Å². The number of pyridine rings is 4. The summed E-state index contributed by atoms with van der Waals surface area (Å²) in [7, 11) is 0. The van der Waals surface area contributed by atoms with Crippen molar-refractivity contribution in [3.63, 3.8) is 0 Å². The van der Waals surface area contributed by atoms with Crippen molar-refractivity contribution in [3.05, 3.63) is 84.7 Å². The van der Waals surface area contributed by atoms with E-state index in [0.717, 1.165) is 53.8 Å². The van der Waals surface area contributed by atoms with E-state index < -0.39 is 0 Å². The molecule has 30 heavy (non-hydrogen) atoms. The smallest absolute Gasteiger partial charge is 0.255 e. The predicted molar refractivity (Wildman–Crippen MR) is 115 cm³/mol. The summed E-state index contributed by atoms with van der Waals surface area (Å²) in [6, 6.07) is 13.9. The summed E-state index contributed by atoms with van der Waals surface area (Å²) < 4.78 is 0. The van der Waals surface area contributed by atoms with Gasteiger partial charge in [0, 0.05) is 66.6 Å². The van der Waals surface area contributed by atoms with E-state index >= 15 is 0 Å². The van der Waals surface area contributed by atoms with Crippen molar-refractivity contribution < 1.29 is 4.79 Å². The largest absolute Gasteiger partial charge is 0.339 e. The van der Waals surface area contributed by atoms with Crippen LogP contribution in [0.15, 0.2) is 73.4 Å². The zero-order valence-corrected chi connectivity index (χ0v) is 16.5. The first-order chi connectivity index (χ1) is 14.8. The average Bonchev–Trinajstić information content (AvgIpc) is 2.84. The molecule has 4 aromatic heterocycles. The summed E-state index contributed by atoms with van der Waals surface area (Å²) in [5.74, 6) is 0.396. The summed E-state index contributed by atoms with van der Waals surface area (Å²) >= 11 is 0. The van der Waals surface area contributed by atoms with E-state index in [0.29, 0.717) is 11.5 Å². The van der Waals surface area contributed by atoms with E-state index in [9.17, 15) is 4.79 Å². The van der Waals surface area contributed by atoms with Crippen LogP contribution in [-0.2, 0) is 0 Å². The molecule has 0 radical (unpaired) electrons. The number of rotatable bonds is 3. The van der Waals surface area contributed by atoms with E-state index in [1.165, 1.54) is 0 Å². The van der Waals surface area contributed by atoms with Crippen molar-refractivity contribution in [2.45, 2.75) is 18.8 Å². The molecule has 0 spiro atoms. The van der Waals surface area contributed by atoms with Gasteiger partial charge in [-0.25, -0.2) is 9.97 Å². The highest BCUT2D eigenvalue weighted by Crippen LogP contribution is 2.29. The second-order valence-electron chi connectivity index (χ2n) is 7.55. The van der Waals surface area contributed by atoms with Gasteiger partial charge in [-0.15, -0.1) is 0 Å². The molecule has 148 valence electrons. The third kappa shape index (κ3) is 3.64. The fraction of sp³-hybridized carbons (Fsp3) is 0.208. The molecule has 6 heteroatoms. The second kappa shape index (κ2) is 7.99. The Bertz CT molecular complexity index is 1170. The molecule has 1 aliphatic heterocycles. The molecule has 1 aliphatic rings. The second-order valence-corrected chi connectivity index (χ2v) is 7.55. The molecule has 0 aliphatic carbocycles. The number of hydrogen-bond acceptors (Lipinski definition) is 5. The molecule has 0 atom stereocenters. The number of hydrogen-bond donors (Lipinski definition) is 0. The SMILES string of the molecule is O=C(c1cccnc1)N1CCC(c2ccc3cc(-c4ccncc4)cnc3n2)CC1. The van der Waals surface area contributed by atoms with Crippen molar-refractivity contribution in [3.8, 4) is 11.1 Å². The lowest BCUT2D eigenvalue weighted by Gasteiger charge is -2.31. The van der Waals surface area contributed by atoms with Crippen molar-refractivity contribution in [2.24, 2.45) is 0 Å². The number of fused-ring (bicyclic) bond motifs is 1. The lowest BCUT2D eigenvalue weighted by atomic mass is 9.92. The molecule has 0 N–H and O–H groups in total. The van der Waals surface area contributed by atoms with Crippen LogP contribution in [0.3, 0.4) is 0 Å². The number of carbonyl (C=O) groups is 1. The Morgan fingerprint density at radius 2 is 1.73 bits per heavy atom. The Hall–Kier alpha value is -3.67. The molecule has 1 fully saturated rings. The molecule has 1 amide bonds. The normalized spacial score (nSPS) is 14.7. The lowest BCUT2D eigenvalue weighted by Crippen LogP contribution is -2.38. The molecule has 0 unspecified atom stereocenters. The first kappa shape index (κ1) is 18.4. The van der Waals surface area contributed by atoms with Gasteiger partial charge in [0.05, 0.1) is 5.56 Å². The van der Waals surface area contributed by atoms with Crippen LogP contribution in [0.25, 0.3) is 22.2 Å². The zero-order valence-electron chi connectivity index (χ0n) is 16.5. The summed E-state index contributed by atoms with van der Waals surface area (Å²) in [6.45, 7) is 1.46. The number of carbonyl (C=O) groups excluding carboxylic acids is 1. The van der Waals surface area contributed by atoms with Crippen LogP contribution in [0.1, 0.15) is 34.8 Å². The summed E-state index contributed by atoms with van der Waals surface area (Å²) in [6.07, 6.45) is 10.6. The van der Waals surface area contributed by atoms with Gasteiger partial charge in [0.1, 0.15) is 0 Å². The van der Waals surface area contributed by atoms with Gasteiger partial charge in [0.2, 0.25) is 0 Å². The van der Waals surface area contributed by atoms with Gasteiger partial charge < -0.3 is 4.90 Å². The topological polar surface area (TPSA) is 71.9 Å². The van der Waals surface area contributed by atoms with Crippen LogP contribution in [0.5, 0.6) is 0 Å². The van der Waals surface area contributed by atoms with Crippen molar-refractivity contribution >= 4 is 16.9 Å². The van der Waals surface area contributed by atoms with Gasteiger partial charge in [-0.3, -0.25) is 14.8 Å². The molecule has 4 aromatic rings. The van der Waals surface area contributed by atoms with Crippen molar-refractivity contribution in [1.29, 1.82) is 0 Å². The number of amides is 1. The van der Waals surface area contributed by atoms with Crippen LogP contribution < -0.4 is 0 Å². The van der Waals surface area contributed by atoms with Gasteiger partial charge in [-0.05, 0) is 60.9 Å². The third-order valence-electron chi connectivity index (χ3n) is 5.69. The highest BCUT2D eigenvalue weighted by Gasteiger charge is 2.25. The molecule has 0 bridgehead atoms.